The van der Waals surface area contributed by atoms with E-state index in [2.05, 4.69) is 15.5 Å². The third kappa shape index (κ3) is 6.83. The molecule has 2 aromatic rings. The van der Waals surface area contributed by atoms with Crippen molar-refractivity contribution >= 4 is 23.4 Å². The van der Waals surface area contributed by atoms with E-state index in [9.17, 15) is 9.59 Å². The van der Waals surface area contributed by atoms with Crippen molar-refractivity contribution in [3.63, 3.8) is 0 Å². The summed E-state index contributed by atoms with van der Waals surface area (Å²) in [5.74, 6) is -0.184. The Kier molecular flexibility index (Phi) is 8.68. The van der Waals surface area contributed by atoms with E-state index in [-0.39, 0.29) is 24.3 Å². The number of hydrogen-bond acceptors (Lipinski definition) is 4. The summed E-state index contributed by atoms with van der Waals surface area (Å²) in [5, 5.41) is 6.49. The van der Waals surface area contributed by atoms with Gasteiger partial charge in [0.15, 0.2) is 0 Å². The molecule has 0 saturated carbocycles. The predicted octanol–water partition coefficient (Wildman–Crippen LogP) is 2.58. The topological polar surface area (TPSA) is 70.7 Å². The number of rotatable bonds is 9. The molecule has 160 valence electrons. The first-order chi connectivity index (χ1) is 14.6. The van der Waals surface area contributed by atoms with Crippen molar-refractivity contribution < 1.29 is 14.3 Å². The van der Waals surface area contributed by atoms with E-state index in [1.807, 2.05) is 54.6 Å². The lowest BCUT2D eigenvalue weighted by Crippen LogP contribution is -2.44. The maximum absolute atomic E-state index is 12.3. The molecule has 1 heterocycles. The molecular weight excluding hydrogens is 402 g/mol. The van der Waals surface area contributed by atoms with Gasteiger partial charge in [-0.05, 0) is 17.2 Å². The first kappa shape index (κ1) is 22.3. The normalized spacial score (nSPS) is 15.4. The minimum atomic E-state index is -0.0969. The molecular formula is C23H28ClN3O3. The van der Waals surface area contributed by atoms with Crippen molar-refractivity contribution in [2.24, 2.45) is 0 Å². The van der Waals surface area contributed by atoms with E-state index in [1.165, 1.54) is 0 Å². The summed E-state index contributed by atoms with van der Waals surface area (Å²) in [6, 6.07) is 17.3. The second-order valence-corrected chi connectivity index (χ2v) is 7.66. The summed E-state index contributed by atoms with van der Waals surface area (Å²) in [4.78, 5) is 26.6. The highest BCUT2D eigenvalue weighted by molar-refractivity contribution is 6.31. The lowest BCUT2D eigenvalue weighted by Gasteiger charge is -2.35. The second kappa shape index (κ2) is 11.7. The highest BCUT2D eigenvalue weighted by atomic mass is 35.5. The smallest absolute Gasteiger partial charge is 0.224 e. The Labute approximate surface area is 182 Å². The fraction of sp³-hybridized carbons (Fsp3) is 0.391. The average molecular weight is 430 g/mol. The monoisotopic (exact) mass is 429 g/mol. The number of benzene rings is 2. The first-order valence-electron chi connectivity index (χ1n) is 10.3. The van der Waals surface area contributed by atoms with Gasteiger partial charge in [0.25, 0.3) is 0 Å². The lowest BCUT2D eigenvalue weighted by atomic mass is 10.0. The zero-order chi connectivity index (χ0) is 21.2. The number of carbonyl (C=O) groups excluding carboxylic acids is 2. The van der Waals surface area contributed by atoms with Crippen molar-refractivity contribution in [1.82, 2.24) is 15.5 Å². The number of nitrogens with zero attached hydrogens (tertiary/aromatic N) is 1. The zero-order valence-corrected chi connectivity index (χ0v) is 17.7. The van der Waals surface area contributed by atoms with Crippen LogP contribution in [-0.4, -0.2) is 56.1 Å². The predicted molar refractivity (Wildman–Crippen MR) is 117 cm³/mol. The van der Waals surface area contributed by atoms with E-state index < -0.39 is 0 Å². The molecule has 2 aromatic carbocycles. The summed E-state index contributed by atoms with van der Waals surface area (Å²) in [7, 11) is 0. The van der Waals surface area contributed by atoms with E-state index in [1.54, 1.807) is 0 Å². The highest BCUT2D eigenvalue weighted by Crippen LogP contribution is 2.27. The summed E-state index contributed by atoms with van der Waals surface area (Å²) < 4.78 is 5.46. The molecule has 0 spiro atoms. The molecule has 0 aromatic heterocycles. The van der Waals surface area contributed by atoms with Crippen molar-refractivity contribution in [1.29, 1.82) is 0 Å². The average Bonchev–Trinajstić information content (AvgIpc) is 2.76. The molecule has 1 atom stereocenters. The Balaban J connectivity index is 1.47. The number of halogens is 1. The summed E-state index contributed by atoms with van der Waals surface area (Å²) in [5.41, 5.74) is 1.95. The Morgan fingerprint density at radius 3 is 2.40 bits per heavy atom. The molecule has 0 radical (unpaired) electrons. The quantitative estimate of drug-likeness (QED) is 0.642. The van der Waals surface area contributed by atoms with Gasteiger partial charge in [-0.3, -0.25) is 14.5 Å². The molecule has 1 aliphatic heterocycles. The number of nitrogens with one attached hydrogen (secondary N) is 2. The Morgan fingerprint density at radius 1 is 0.967 bits per heavy atom. The van der Waals surface area contributed by atoms with Gasteiger partial charge in [0.05, 0.1) is 25.7 Å². The number of morpholine rings is 1. The summed E-state index contributed by atoms with van der Waals surface area (Å²) in [6.45, 7) is 3.69. The third-order valence-electron chi connectivity index (χ3n) is 5.12. The molecule has 0 aliphatic carbocycles. The summed E-state index contributed by atoms with van der Waals surface area (Å²) in [6.07, 6.45) is 0.549. The molecule has 1 saturated heterocycles. The van der Waals surface area contributed by atoms with Gasteiger partial charge in [0.2, 0.25) is 11.8 Å². The van der Waals surface area contributed by atoms with Crippen molar-refractivity contribution in [2.75, 3.05) is 39.4 Å². The summed E-state index contributed by atoms with van der Waals surface area (Å²) >= 11 is 6.42. The molecule has 6 nitrogen and oxygen atoms in total. The van der Waals surface area contributed by atoms with E-state index >= 15 is 0 Å². The van der Waals surface area contributed by atoms with Gasteiger partial charge >= 0.3 is 0 Å². The van der Waals surface area contributed by atoms with Gasteiger partial charge in [-0.2, -0.15) is 0 Å². The van der Waals surface area contributed by atoms with Crippen LogP contribution in [0.4, 0.5) is 0 Å². The molecule has 0 bridgehead atoms. The lowest BCUT2D eigenvalue weighted by molar-refractivity contribution is -0.122. The minimum Gasteiger partial charge on any atom is -0.379 e. The number of carbonyl (C=O) groups is 2. The zero-order valence-electron chi connectivity index (χ0n) is 17.0. The van der Waals surface area contributed by atoms with Crippen LogP contribution in [0.3, 0.4) is 0 Å². The highest BCUT2D eigenvalue weighted by Gasteiger charge is 2.24. The molecule has 7 heteroatoms. The molecule has 3 rings (SSSR count). The van der Waals surface area contributed by atoms with Crippen LogP contribution in [0.1, 0.15) is 23.6 Å². The van der Waals surface area contributed by atoms with E-state index in [0.717, 1.165) is 24.2 Å². The molecule has 1 unspecified atom stereocenters. The maximum Gasteiger partial charge on any atom is 0.224 e. The second-order valence-electron chi connectivity index (χ2n) is 7.25. The van der Waals surface area contributed by atoms with Crippen LogP contribution < -0.4 is 10.6 Å². The van der Waals surface area contributed by atoms with E-state index in [4.69, 9.17) is 16.3 Å². The van der Waals surface area contributed by atoms with Gasteiger partial charge in [-0.1, -0.05) is 60.1 Å². The fourth-order valence-corrected chi connectivity index (χ4v) is 3.79. The van der Waals surface area contributed by atoms with Crippen molar-refractivity contribution in [3.05, 3.63) is 70.7 Å². The Morgan fingerprint density at radius 2 is 1.67 bits per heavy atom. The molecule has 2 N–H and O–H groups in total. The van der Waals surface area contributed by atoms with Gasteiger partial charge in [0, 0.05) is 37.6 Å². The van der Waals surface area contributed by atoms with Crippen molar-refractivity contribution in [2.45, 2.75) is 18.9 Å². The van der Waals surface area contributed by atoms with Gasteiger partial charge in [-0.15, -0.1) is 0 Å². The fourth-order valence-electron chi connectivity index (χ4n) is 3.53. The molecule has 30 heavy (non-hydrogen) atoms. The van der Waals surface area contributed by atoms with Gasteiger partial charge in [-0.25, -0.2) is 0 Å². The molecule has 2 amide bonds. The minimum absolute atomic E-state index is 0.0146. The van der Waals surface area contributed by atoms with Crippen LogP contribution in [0.2, 0.25) is 5.02 Å². The largest absolute Gasteiger partial charge is 0.379 e. The van der Waals surface area contributed by atoms with Crippen LogP contribution in [0.5, 0.6) is 0 Å². The first-order valence-corrected chi connectivity index (χ1v) is 10.6. The van der Waals surface area contributed by atoms with Crippen LogP contribution >= 0.6 is 11.6 Å². The number of hydrogen-bond donors (Lipinski definition) is 2. The SMILES string of the molecule is O=C(CCNC(=O)Cc1ccccc1)NCC(c1ccccc1Cl)N1CCOCC1. The van der Waals surface area contributed by atoms with E-state index in [0.29, 0.717) is 37.7 Å². The Hall–Kier alpha value is -2.41. The van der Waals surface area contributed by atoms with Gasteiger partial charge < -0.3 is 15.4 Å². The molecule has 1 aliphatic rings. The van der Waals surface area contributed by atoms with Crippen LogP contribution in [0.25, 0.3) is 0 Å². The van der Waals surface area contributed by atoms with Crippen LogP contribution in [0.15, 0.2) is 54.6 Å². The number of amides is 2. The third-order valence-corrected chi connectivity index (χ3v) is 5.47. The maximum atomic E-state index is 12.3. The van der Waals surface area contributed by atoms with Gasteiger partial charge in [0.1, 0.15) is 0 Å². The van der Waals surface area contributed by atoms with Crippen molar-refractivity contribution in [3.8, 4) is 0 Å². The standard InChI is InChI=1S/C23H28ClN3O3/c24-20-9-5-4-8-19(20)21(27-12-14-30-15-13-27)17-26-22(28)10-11-25-23(29)16-18-6-2-1-3-7-18/h1-9,21H,10-17H2,(H,25,29)(H,26,28). The van der Waals surface area contributed by atoms with Crippen LogP contribution in [0, 0.1) is 0 Å². The number of ether oxygens (including phenoxy) is 1. The van der Waals surface area contributed by atoms with Crippen LogP contribution in [-0.2, 0) is 20.7 Å². The Bertz CT molecular complexity index is 825. The molecule has 1 fully saturated rings.